The van der Waals surface area contributed by atoms with Crippen LogP contribution in [0.4, 0.5) is 15.8 Å². The van der Waals surface area contributed by atoms with E-state index in [9.17, 15) is 9.59 Å². The number of hydrogen-bond donors (Lipinski definition) is 1. The van der Waals surface area contributed by atoms with Gasteiger partial charge in [0.25, 0.3) is 0 Å². The average Bonchev–Trinajstić information content (AvgIpc) is 3.07. The van der Waals surface area contributed by atoms with E-state index in [4.69, 9.17) is 5.73 Å². The molecule has 0 saturated carbocycles. The summed E-state index contributed by atoms with van der Waals surface area (Å²) in [5.74, 6) is -0.600. The molecule has 0 bridgehead atoms. The van der Waals surface area contributed by atoms with Gasteiger partial charge in [-0.2, -0.15) is 5.10 Å². The average molecular weight is 445 g/mol. The van der Waals surface area contributed by atoms with Crippen molar-refractivity contribution in [2.24, 2.45) is 16.1 Å². The van der Waals surface area contributed by atoms with E-state index in [-0.39, 0.29) is 28.4 Å². The molecule has 2 heterocycles. The Labute approximate surface area is 190 Å². The summed E-state index contributed by atoms with van der Waals surface area (Å²) in [7, 11) is 0. The molecule has 0 atom stereocenters. The van der Waals surface area contributed by atoms with Crippen molar-refractivity contribution >= 4 is 23.0 Å². The number of aliphatic imine (C=N–C) groups is 1. The van der Waals surface area contributed by atoms with Crippen LogP contribution in [0.2, 0.25) is 0 Å². The Hall–Kier alpha value is -4.07. The van der Waals surface area contributed by atoms with E-state index in [1.54, 1.807) is 23.1 Å². The molecule has 0 radical (unpaired) electrons. The fourth-order valence-corrected chi connectivity index (χ4v) is 3.68. The van der Waals surface area contributed by atoms with Crippen molar-refractivity contribution in [1.82, 2.24) is 9.78 Å². The van der Waals surface area contributed by atoms with Crippen LogP contribution in [0.15, 0.2) is 82.9 Å². The van der Waals surface area contributed by atoms with Gasteiger partial charge in [-0.15, -0.1) is 0 Å². The van der Waals surface area contributed by atoms with Crippen LogP contribution in [-0.2, 0) is 4.79 Å². The van der Waals surface area contributed by atoms with Gasteiger partial charge in [0, 0.05) is 29.9 Å². The van der Waals surface area contributed by atoms with E-state index < -0.39 is 11.2 Å². The Morgan fingerprint density at radius 2 is 1.91 bits per heavy atom. The molecule has 3 aromatic rings. The number of anilines is 1. The molecule has 1 aliphatic rings. The van der Waals surface area contributed by atoms with Gasteiger partial charge in [0.05, 0.1) is 11.4 Å². The van der Waals surface area contributed by atoms with E-state index >= 15 is 4.39 Å². The van der Waals surface area contributed by atoms with Crippen LogP contribution < -0.4 is 16.1 Å². The lowest BCUT2D eigenvalue weighted by Crippen LogP contribution is -2.30. The largest absolute Gasteiger partial charge is 0.405 e. The summed E-state index contributed by atoms with van der Waals surface area (Å²) < 4.78 is 16.4. The van der Waals surface area contributed by atoms with Crippen LogP contribution in [0.3, 0.4) is 0 Å². The Morgan fingerprint density at radius 3 is 2.55 bits per heavy atom. The topological polar surface area (TPSA) is 93.6 Å². The van der Waals surface area contributed by atoms with E-state index in [1.807, 2.05) is 32.0 Å². The maximum absolute atomic E-state index is 15.1. The van der Waals surface area contributed by atoms with Crippen molar-refractivity contribution in [3.63, 3.8) is 0 Å². The minimum atomic E-state index is -0.567. The number of allylic oxidation sites excluding steroid dienone is 1. The third-order valence-electron chi connectivity index (χ3n) is 5.58. The molecule has 1 aliphatic heterocycles. The summed E-state index contributed by atoms with van der Waals surface area (Å²) in [5, 5.41) is 4.33. The van der Waals surface area contributed by atoms with Crippen LogP contribution in [0.25, 0.3) is 5.69 Å². The molecule has 2 aromatic carbocycles. The van der Waals surface area contributed by atoms with Gasteiger partial charge >= 0.3 is 0 Å². The van der Waals surface area contributed by atoms with Gasteiger partial charge < -0.3 is 10.6 Å². The van der Waals surface area contributed by atoms with Gasteiger partial charge in [0.2, 0.25) is 11.3 Å². The zero-order chi connectivity index (χ0) is 23.6. The molecule has 2 N–H and O–H groups in total. The first-order valence-electron chi connectivity index (χ1n) is 10.5. The number of amides is 1. The van der Waals surface area contributed by atoms with Crippen molar-refractivity contribution in [1.29, 1.82) is 0 Å². The summed E-state index contributed by atoms with van der Waals surface area (Å²) in [4.78, 5) is 31.2. The quantitative estimate of drug-likeness (QED) is 0.606. The normalized spacial score (nSPS) is 16.0. The molecule has 168 valence electrons. The zero-order valence-electron chi connectivity index (χ0n) is 18.4. The van der Waals surface area contributed by atoms with Crippen LogP contribution in [0.5, 0.6) is 0 Å². The lowest BCUT2D eigenvalue weighted by Gasteiger charge is -2.20. The third-order valence-corrected chi connectivity index (χ3v) is 5.58. The minimum Gasteiger partial charge on any atom is -0.405 e. The van der Waals surface area contributed by atoms with Crippen molar-refractivity contribution in [2.45, 2.75) is 20.3 Å². The molecule has 1 aromatic heterocycles. The number of hydrogen-bond acceptors (Lipinski definition) is 5. The second-order valence-corrected chi connectivity index (χ2v) is 8.39. The van der Waals surface area contributed by atoms with E-state index in [2.05, 4.69) is 10.1 Å². The highest BCUT2D eigenvalue weighted by molar-refractivity contribution is 6.08. The Morgan fingerprint density at radius 1 is 1.15 bits per heavy atom. The van der Waals surface area contributed by atoms with Gasteiger partial charge in [-0.05, 0) is 49.0 Å². The number of rotatable bonds is 5. The van der Waals surface area contributed by atoms with Gasteiger partial charge in [-0.1, -0.05) is 32.0 Å². The first-order chi connectivity index (χ1) is 15.8. The molecule has 4 rings (SSSR count). The van der Waals surface area contributed by atoms with Crippen LogP contribution >= 0.6 is 0 Å². The minimum absolute atomic E-state index is 0.0306. The summed E-state index contributed by atoms with van der Waals surface area (Å²) >= 11 is 0. The molecular weight excluding hydrogens is 421 g/mol. The van der Waals surface area contributed by atoms with Gasteiger partial charge in [0.15, 0.2) is 11.5 Å². The van der Waals surface area contributed by atoms with Crippen molar-refractivity contribution in [2.75, 3.05) is 11.4 Å². The molecule has 0 spiro atoms. The number of carbonyl (C=O) groups excluding carboxylic acids is 1. The molecule has 1 fully saturated rings. The summed E-state index contributed by atoms with van der Waals surface area (Å²) in [6, 6.07) is 14.9. The smallest absolute Gasteiger partial charge is 0.232 e. The zero-order valence-corrected chi connectivity index (χ0v) is 18.4. The van der Waals surface area contributed by atoms with Crippen LogP contribution in [0, 0.1) is 11.2 Å². The predicted octanol–water partition coefficient (Wildman–Crippen LogP) is 3.73. The first kappa shape index (κ1) is 22.1. The fourth-order valence-electron chi connectivity index (χ4n) is 3.68. The lowest BCUT2D eigenvalue weighted by molar-refractivity contribution is -0.123. The molecule has 0 unspecified atom stereocenters. The van der Waals surface area contributed by atoms with E-state index in [0.29, 0.717) is 24.3 Å². The highest BCUT2D eigenvalue weighted by atomic mass is 19.1. The molecule has 33 heavy (non-hydrogen) atoms. The van der Waals surface area contributed by atoms with Gasteiger partial charge in [-0.3, -0.25) is 9.59 Å². The SMILES string of the molecule is CC1(C)CCN(c2ccc(-n3ccc(=O)c(C(C=CN)=Nc4ccccc4)n3)c(F)c2)C1=O. The maximum atomic E-state index is 15.1. The fraction of sp³-hybridized carbons (Fsp3) is 0.200. The Bertz CT molecular complexity index is 1310. The van der Waals surface area contributed by atoms with Gasteiger partial charge in [-0.25, -0.2) is 14.1 Å². The Kier molecular flexibility index (Phi) is 5.91. The predicted molar refractivity (Wildman–Crippen MR) is 127 cm³/mol. The summed E-state index contributed by atoms with van der Waals surface area (Å²) in [6.07, 6.45) is 4.84. The Balaban J connectivity index is 1.73. The number of nitrogens with two attached hydrogens (primary N) is 1. The highest BCUT2D eigenvalue weighted by Crippen LogP contribution is 2.34. The maximum Gasteiger partial charge on any atom is 0.232 e. The third kappa shape index (κ3) is 4.45. The molecule has 8 heteroatoms. The highest BCUT2D eigenvalue weighted by Gasteiger charge is 2.39. The lowest BCUT2D eigenvalue weighted by atomic mass is 9.92. The van der Waals surface area contributed by atoms with Crippen LogP contribution in [0.1, 0.15) is 26.0 Å². The number of para-hydroxylation sites is 1. The molecule has 0 aliphatic carbocycles. The van der Waals surface area contributed by atoms with Crippen molar-refractivity contribution in [3.8, 4) is 5.69 Å². The summed E-state index contributed by atoms with van der Waals surface area (Å²) in [6.45, 7) is 4.31. The van der Waals surface area contributed by atoms with Crippen molar-refractivity contribution < 1.29 is 9.18 Å². The molecule has 1 amide bonds. The molecular formula is C25H24FN5O2. The first-order valence-corrected chi connectivity index (χ1v) is 10.5. The number of halogens is 1. The number of benzene rings is 2. The number of carbonyl (C=O) groups is 1. The van der Waals surface area contributed by atoms with Crippen molar-refractivity contribution in [3.05, 3.63) is 94.8 Å². The number of aromatic nitrogens is 2. The van der Waals surface area contributed by atoms with E-state index in [1.165, 1.54) is 41.4 Å². The molecule has 7 nitrogen and oxygen atoms in total. The molecule has 1 saturated heterocycles. The van der Waals surface area contributed by atoms with Crippen LogP contribution in [-0.4, -0.2) is 27.9 Å². The number of nitrogens with zero attached hydrogens (tertiary/aromatic N) is 4. The summed E-state index contributed by atoms with van der Waals surface area (Å²) in [5.41, 5.74) is 6.26. The standard InChI is InChI=1S/C25H24FN5O2/c1-25(2)12-15-30(24(25)33)18-8-9-21(19(26)16-18)31-14-11-22(32)23(29-31)20(10-13-27)28-17-6-4-3-5-7-17/h3-11,13-14,16H,12,15,27H2,1-2H3. The van der Waals surface area contributed by atoms with Gasteiger partial charge in [0.1, 0.15) is 5.69 Å². The second-order valence-electron chi connectivity index (χ2n) is 8.39. The second kappa shape index (κ2) is 8.82. The monoisotopic (exact) mass is 445 g/mol. The van der Waals surface area contributed by atoms with E-state index in [0.717, 1.165) is 0 Å².